The predicted octanol–water partition coefficient (Wildman–Crippen LogP) is 4.16. The van der Waals surface area contributed by atoms with Crippen LogP contribution in [0.25, 0.3) is 0 Å². The Balaban J connectivity index is 2.03. The second kappa shape index (κ2) is 10.5. The van der Waals surface area contributed by atoms with E-state index in [2.05, 4.69) is 10.6 Å². The van der Waals surface area contributed by atoms with Crippen LogP contribution in [0.4, 0.5) is 0 Å². The van der Waals surface area contributed by atoms with Crippen LogP contribution in [0.3, 0.4) is 0 Å². The normalized spacial score (nSPS) is 11.7. The summed E-state index contributed by atoms with van der Waals surface area (Å²) >= 11 is 13.6. The summed E-state index contributed by atoms with van der Waals surface area (Å²) in [5, 5.41) is 6.35. The number of thioether (sulfide) groups is 1. The minimum absolute atomic E-state index is 0.221. The summed E-state index contributed by atoms with van der Waals surface area (Å²) in [6.45, 7) is 0.410. The summed E-state index contributed by atoms with van der Waals surface area (Å²) in [6.07, 6.45) is 2.48. The van der Waals surface area contributed by atoms with Gasteiger partial charge in [-0.3, -0.25) is 9.59 Å². The highest BCUT2D eigenvalue weighted by Crippen LogP contribution is 2.21. The Hall–Kier alpha value is -1.69. The van der Waals surface area contributed by atoms with Crippen LogP contribution in [0.15, 0.2) is 48.5 Å². The first-order chi connectivity index (χ1) is 12.5. The molecule has 0 spiro atoms. The minimum atomic E-state index is -0.634. The highest BCUT2D eigenvalue weighted by atomic mass is 35.5. The maximum atomic E-state index is 12.5. The summed E-state index contributed by atoms with van der Waals surface area (Å²) < 4.78 is 0. The molecule has 0 aromatic heterocycles. The van der Waals surface area contributed by atoms with Crippen molar-refractivity contribution in [2.75, 3.05) is 12.0 Å². The number of halogens is 2. The molecule has 0 saturated heterocycles. The molecule has 7 heteroatoms. The Morgan fingerprint density at radius 2 is 1.85 bits per heavy atom. The molecular formula is C19H20Cl2N2O2S. The number of carbonyl (C=O) groups excluding carboxylic acids is 2. The number of rotatable bonds is 8. The summed E-state index contributed by atoms with van der Waals surface area (Å²) in [4.78, 5) is 25.0. The summed E-state index contributed by atoms with van der Waals surface area (Å²) in [5.74, 6) is 0.131. The zero-order chi connectivity index (χ0) is 18.9. The monoisotopic (exact) mass is 410 g/mol. The lowest BCUT2D eigenvalue weighted by molar-refractivity contribution is -0.123. The molecule has 0 heterocycles. The van der Waals surface area contributed by atoms with Crippen molar-refractivity contribution in [3.8, 4) is 0 Å². The third kappa shape index (κ3) is 6.24. The van der Waals surface area contributed by atoms with Crippen molar-refractivity contribution in [3.63, 3.8) is 0 Å². The standard InChI is InChI=1S/C19H20Cl2N2O2S/c1-26-10-9-17(19(25)22-12-13-5-3-2-4-6-13)23-18(24)15-8-7-14(20)11-16(15)21/h2-8,11,17H,9-10,12H2,1H3,(H,22,25)(H,23,24)/t17-/m0/s1. The molecule has 26 heavy (non-hydrogen) atoms. The fraction of sp³-hybridized carbons (Fsp3) is 0.263. The Morgan fingerprint density at radius 1 is 1.12 bits per heavy atom. The summed E-state index contributed by atoms with van der Waals surface area (Å²) in [7, 11) is 0. The zero-order valence-corrected chi connectivity index (χ0v) is 16.6. The maximum Gasteiger partial charge on any atom is 0.253 e. The van der Waals surface area contributed by atoms with Gasteiger partial charge in [0.25, 0.3) is 5.91 Å². The number of hydrogen-bond donors (Lipinski definition) is 2. The van der Waals surface area contributed by atoms with E-state index in [0.717, 1.165) is 11.3 Å². The van der Waals surface area contributed by atoms with Crippen LogP contribution >= 0.6 is 35.0 Å². The van der Waals surface area contributed by atoms with Crippen LogP contribution in [0.1, 0.15) is 22.3 Å². The van der Waals surface area contributed by atoms with Crippen LogP contribution in [-0.2, 0) is 11.3 Å². The third-order valence-electron chi connectivity index (χ3n) is 3.72. The molecule has 0 aliphatic carbocycles. The fourth-order valence-corrected chi connectivity index (χ4v) is 3.29. The molecular weight excluding hydrogens is 391 g/mol. The Bertz CT molecular complexity index is 756. The molecule has 2 amide bonds. The number of amides is 2. The number of nitrogens with one attached hydrogen (secondary N) is 2. The lowest BCUT2D eigenvalue weighted by atomic mass is 10.1. The third-order valence-corrected chi connectivity index (χ3v) is 4.91. The molecule has 0 radical (unpaired) electrons. The van der Waals surface area contributed by atoms with Gasteiger partial charge < -0.3 is 10.6 Å². The van der Waals surface area contributed by atoms with E-state index in [1.165, 1.54) is 6.07 Å². The first kappa shape index (κ1) is 20.6. The van der Waals surface area contributed by atoms with Gasteiger partial charge in [0.2, 0.25) is 5.91 Å². The van der Waals surface area contributed by atoms with Gasteiger partial charge in [0.1, 0.15) is 6.04 Å². The van der Waals surface area contributed by atoms with Gasteiger partial charge in [-0.15, -0.1) is 0 Å². The predicted molar refractivity (Wildman–Crippen MR) is 109 cm³/mol. The summed E-state index contributed by atoms with van der Waals surface area (Å²) in [5.41, 5.74) is 1.29. The van der Waals surface area contributed by atoms with Gasteiger partial charge in [-0.1, -0.05) is 53.5 Å². The van der Waals surface area contributed by atoms with Crippen molar-refractivity contribution in [1.82, 2.24) is 10.6 Å². The molecule has 2 N–H and O–H groups in total. The number of benzene rings is 2. The van der Waals surface area contributed by atoms with Crippen LogP contribution < -0.4 is 10.6 Å². The first-order valence-corrected chi connectivity index (χ1v) is 10.2. The highest BCUT2D eigenvalue weighted by Gasteiger charge is 2.22. The van der Waals surface area contributed by atoms with Crippen LogP contribution in [-0.4, -0.2) is 29.9 Å². The first-order valence-electron chi connectivity index (χ1n) is 8.07. The smallest absolute Gasteiger partial charge is 0.253 e. The molecule has 0 aliphatic rings. The molecule has 2 aromatic rings. The van der Waals surface area contributed by atoms with E-state index >= 15 is 0 Å². The minimum Gasteiger partial charge on any atom is -0.350 e. The van der Waals surface area contributed by atoms with Gasteiger partial charge in [-0.25, -0.2) is 0 Å². The van der Waals surface area contributed by atoms with Crippen molar-refractivity contribution >= 4 is 46.8 Å². The van der Waals surface area contributed by atoms with Crippen molar-refractivity contribution in [1.29, 1.82) is 0 Å². The lowest BCUT2D eigenvalue weighted by Gasteiger charge is -2.18. The van der Waals surface area contributed by atoms with E-state index in [0.29, 0.717) is 23.6 Å². The van der Waals surface area contributed by atoms with E-state index in [-0.39, 0.29) is 10.9 Å². The van der Waals surface area contributed by atoms with Gasteiger partial charge in [-0.05, 0) is 42.2 Å². The molecule has 0 unspecified atom stereocenters. The van der Waals surface area contributed by atoms with Gasteiger partial charge in [0.05, 0.1) is 10.6 Å². The van der Waals surface area contributed by atoms with E-state index < -0.39 is 11.9 Å². The van der Waals surface area contributed by atoms with Gasteiger partial charge >= 0.3 is 0 Å². The Labute approximate surface area is 167 Å². The van der Waals surface area contributed by atoms with E-state index in [1.807, 2.05) is 36.6 Å². The lowest BCUT2D eigenvalue weighted by Crippen LogP contribution is -2.47. The second-order valence-corrected chi connectivity index (χ2v) is 7.46. The largest absolute Gasteiger partial charge is 0.350 e. The Morgan fingerprint density at radius 3 is 2.50 bits per heavy atom. The SMILES string of the molecule is CSCC[C@H](NC(=O)c1ccc(Cl)cc1Cl)C(=O)NCc1ccccc1. The van der Waals surface area contributed by atoms with Crippen molar-refractivity contribution in [2.45, 2.75) is 19.0 Å². The average Bonchev–Trinajstić information content (AvgIpc) is 2.63. The van der Waals surface area contributed by atoms with Gasteiger partial charge in [0.15, 0.2) is 0 Å². The number of carbonyl (C=O) groups is 2. The molecule has 0 fully saturated rings. The number of hydrogen-bond acceptors (Lipinski definition) is 3. The molecule has 1 atom stereocenters. The van der Waals surface area contributed by atoms with Gasteiger partial charge in [0, 0.05) is 11.6 Å². The fourth-order valence-electron chi connectivity index (χ4n) is 2.32. The molecule has 0 saturated carbocycles. The van der Waals surface area contributed by atoms with E-state index in [1.54, 1.807) is 23.9 Å². The van der Waals surface area contributed by atoms with Crippen LogP contribution in [0.5, 0.6) is 0 Å². The van der Waals surface area contributed by atoms with Crippen LogP contribution in [0, 0.1) is 0 Å². The van der Waals surface area contributed by atoms with Crippen LogP contribution in [0.2, 0.25) is 10.0 Å². The molecule has 4 nitrogen and oxygen atoms in total. The van der Waals surface area contributed by atoms with E-state index in [4.69, 9.17) is 23.2 Å². The Kier molecular flexibility index (Phi) is 8.29. The highest BCUT2D eigenvalue weighted by molar-refractivity contribution is 7.98. The molecule has 138 valence electrons. The molecule has 0 bridgehead atoms. The molecule has 0 aliphatic heterocycles. The topological polar surface area (TPSA) is 58.2 Å². The zero-order valence-electron chi connectivity index (χ0n) is 14.3. The second-order valence-electron chi connectivity index (χ2n) is 5.64. The maximum absolute atomic E-state index is 12.5. The van der Waals surface area contributed by atoms with Crippen molar-refractivity contribution < 1.29 is 9.59 Å². The van der Waals surface area contributed by atoms with E-state index in [9.17, 15) is 9.59 Å². The molecule has 2 aromatic carbocycles. The van der Waals surface area contributed by atoms with Gasteiger partial charge in [-0.2, -0.15) is 11.8 Å². The molecule has 2 rings (SSSR count). The summed E-state index contributed by atoms with van der Waals surface area (Å²) in [6, 6.07) is 13.6. The average molecular weight is 411 g/mol. The van der Waals surface area contributed by atoms with Crippen molar-refractivity contribution in [2.24, 2.45) is 0 Å². The van der Waals surface area contributed by atoms with Crippen molar-refractivity contribution in [3.05, 3.63) is 69.7 Å². The quantitative estimate of drug-likeness (QED) is 0.686.